The highest BCUT2D eigenvalue weighted by molar-refractivity contribution is 7.45. The lowest BCUT2D eigenvalue weighted by atomic mass is 10.0. The quantitative estimate of drug-likeness (QED) is 0.0494. The highest BCUT2D eigenvalue weighted by atomic mass is 31.2. The Hall–Kier alpha value is -1.03. The minimum atomic E-state index is -4.60. The monoisotopic (exact) mass is 608 g/mol. The predicted octanol–water partition coefficient (Wildman–Crippen LogP) is 5.65. The predicted molar refractivity (Wildman–Crippen MR) is 161 cm³/mol. The standard InChI is InChI=1S/C30H61N2O8P/c1-5-6-7-8-9-10-11-12-13-14-15-16-17-18-19-21-29(33)37-26-28(40-30(34)22-20-23-31)27-39-41(35,36)38-25-24-32(2,3)4/h28H,5-27,31H2,1-4H3. The highest BCUT2D eigenvalue weighted by Gasteiger charge is 2.21. The van der Waals surface area contributed by atoms with Crippen LogP contribution in [0.5, 0.6) is 0 Å². The molecule has 0 aromatic rings. The van der Waals surface area contributed by atoms with Gasteiger partial charge in [-0.25, -0.2) is 0 Å². The number of esters is 2. The summed E-state index contributed by atoms with van der Waals surface area (Å²) in [5, 5.41) is 0. The van der Waals surface area contributed by atoms with Gasteiger partial charge >= 0.3 is 11.9 Å². The van der Waals surface area contributed by atoms with Crippen LogP contribution in [0.15, 0.2) is 0 Å². The number of likely N-dealkylation sites (N-methyl/N-ethyl adjacent to an activating group) is 1. The van der Waals surface area contributed by atoms with Gasteiger partial charge in [0.25, 0.3) is 7.82 Å². The Balaban J connectivity index is 4.12. The number of unbranched alkanes of at least 4 members (excludes halogenated alkanes) is 14. The molecule has 0 saturated carbocycles. The van der Waals surface area contributed by atoms with Crippen molar-refractivity contribution in [3.8, 4) is 0 Å². The molecule has 0 rings (SSSR count). The molecule has 0 spiro atoms. The van der Waals surface area contributed by atoms with Gasteiger partial charge in [-0.1, -0.05) is 96.8 Å². The molecule has 0 aliphatic carbocycles. The third-order valence-electron chi connectivity index (χ3n) is 6.73. The van der Waals surface area contributed by atoms with Crippen LogP contribution >= 0.6 is 7.82 Å². The van der Waals surface area contributed by atoms with Gasteiger partial charge in [0, 0.05) is 12.8 Å². The molecule has 41 heavy (non-hydrogen) atoms. The summed E-state index contributed by atoms with van der Waals surface area (Å²) in [4.78, 5) is 36.3. The van der Waals surface area contributed by atoms with Crippen LogP contribution in [0, 0.1) is 0 Å². The number of rotatable bonds is 29. The minimum Gasteiger partial charge on any atom is -0.756 e. The van der Waals surface area contributed by atoms with E-state index in [2.05, 4.69) is 6.92 Å². The van der Waals surface area contributed by atoms with E-state index in [4.69, 9.17) is 24.3 Å². The lowest BCUT2D eigenvalue weighted by molar-refractivity contribution is -0.870. The maximum absolute atomic E-state index is 12.2. The number of carbonyl (C=O) groups is 2. The lowest BCUT2D eigenvalue weighted by Gasteiger charge is -2.28. The van der Waals surface area contributed by atoms with Crippen molar-refractivity contribution in [2.24, 2.45) is 5.73 Å². The molecule has 0 saturated heterocycles. The van der Waals surface area contributed by atoms with Crippen LogP contribution in [0.25, 0.3) is 0 Å². The van der Waals surface area contributed by atoms with Gasteiger partial charge in [0.05, 0.1) is 27.7 Å². The summed E-state index contributed by atoms with van der Waals surface area (Å²) in [6.07, 6.45) is 18.4. The molecule has 0 bridgehead atoms. The first-order chi connectivity index (χ1) is 19.5. The van der Waals surface area contributed by atoms with E-state index in [0.717, 1.165) is 19.3 Å². The number of ether oxygens (including phenoxy) is 2. The van der Waals surface area contributed by atoms with Gasteiger partial charge in [-0.15, -0.1) is 0 Å². The van der Waals surface area contributed by atoms with Crippen LogP contribution in [-0.2, 0) is 32.7 Å². The third-order valence-corrected chi connectivity index (χ3v) is 7.69. The molecule has 0 aliphatic heterocycles. The number of carbonyl (C=O) groups excluding carboxylic acids is 2. The van der Waals surface area contributed by atoms with E-state index in [1.54, 1.807) is 0 Å². The van der Waals surface area contributed by atoms with E-state index in [9.17, 15) is 19.0 Å². The van der Waals surface area contributed by atoms with Crippen molar-refractivity contribution in [1.82, 2.24) is 0 Å². The highest BCUT2D eigenvalue weighted by Crippen LogP contribution is 2.38. The molecular weight excluding hydrogens is 547 g/mol. The number of nitrogens with zero attached hydrogens (tertiary/aromatic N) is 1. The van der Waals surface area contributed by atoms with Gasteiger partial charge < -0.3 is 33.6 Å². The van der Waals surface area contributed by atoms with Crippen LogP contribution in [-0.4, -0.2) is 76.6 Å². The summed E-state index contributed by atoms with van der Waals surface area (Å²) in [5.74, 6) is -0.971. The topological polar surface area (TPSA) is 137 Å². The summed E-state index contributed by atoms with van der Waals surface area (Å²) in [6, 6.07) is 0. The second-order valence-electron chi connectivity index (χ2n) is 12.0. The zero-order chi connectivity index (χ0) is 30.8. The number of phosphoric ester groups is 1. The van der Waals surface area contributed by atoms with Crippen LogP contribution < -0.4 is 10.6 Å². The van der Waals surface area contributed by atoms with E-state index in [-0.39, 0.29) is 26.1 Å². The van der Waals surface area contributed by atoms with Crippen molar-refractivity contribution in [3.05, 3.63) is 0 Å². The molecule has 10 nitrogen and oxygen atoms in total. The molecule has 0 aromatic heterocycles. The van der Waals surface area contributed by atoms with Gasteiger partial charge in [0.1, 0.15) is 19.8 Å². The first-order valence-electron chi connectivity index (χ1n) is 15.9. The molecule has 0 aliphatic rings. The summed E-state index contributed by atoms with van der Waals surface area (Å²) < 4.78 is 33.0. The summed E-state index contributed by atoms with van der Waals surface area (Å²) in [7, 11) is 1.12. The van der Waals surface area contributed by atoms with E-state index >= 15 is 0 Å². The fourth-order valence-electron chi connectivity index (χ4n) is 4.14. The Labute approximate surface area is 250 Å². The maximum Gasteiger partial charge on any atom is 0.306 e. The largest absolute Gasteiger partial charge is 0.756 e. The summed E-state index contributed by atoms with van der Waals surface area (Å²) in [5.41, 5.74) is 5.43. The van der Waals surface area contributed by atoms with Crippen molar-refractivity contribution in [2.45, 2.75) is 129 Å². The molecule has 0 fully saturated rings. The Bertz CT molecular complexity index is 702. The number of nitrogens with two attached hydrogens (primary N) is 1. The molecule has 244 valence electrons. The zero-order valence-electron chi connectivity index (χ0n) is 26.6. The lowest BCUT2D eigenvalue weighted by Crippen LogP contribution is -2.37. The van der Waals surface area contributed by atoms with Crippen molar-refractivity contribution in [3.63, 3.8) is 0 Å². The van der Waals surface area contributed by atoms with E-state index < -0.39 is 32.5 Å². The van der Waals surface area contributed by atoms with Crippen molar-refractivity contribution in [2.75, 3.05) is 54.1 Å². The number of hydrogen-bond acceptors (Lipinski definition) is 9. The Kier molecular flexibility index (Phi) is 24.8. The van der Waals surface area contributed by atoms with Crippen LogP contribution in [0.2, 0.25) is 0 Å². The molecule has 2 N–H and O–H groups in total. The second-order valence-corrected chi connectivity index (χ2v) is 13.4. The number of phosphoric acid groups is 1. The molecule has 0 heterocycles. The van der Waals surface area contributed by atoms with E-state index in [1.165, 1.54) is 77.0 Å². The van der Waals surface area contributed by atoms with Gasteiger partial charge in [0.2, 0.25) is 0 Å². The zero-order valence-corrected chi connectivity index (χ0v) is 27.5. The Morgan fingerprint density at radius 2 is 1.22 bits per heavy atom. The second kappa shape index (κ2) is 25.5. The van der Waals surface area contributed by atoms with E-state index in [0.29, 0.717) is 24.0 Å². The first-order valence-corrected chi connectivity index (χ1v) is 17.4. The molecular formula is C30H61N2O8P. The van der Waals surface area contributed by atoms with Crippen molar-refractivity contribution < 1.29 is 42.1 Å². The van der Waals surface area contributed by atoms with Crippen molar-refractivity contribution >= 4 is 19.8 Å². The van der Waals surface area contributed by atoms with Gasteiger partial charge in [-0.05, 0) is 19.4 Å². The Morgan fingerprint density at radius 3 is 1.71 bits per heavy atom. The third kappa shape index (κ3) is 28.8. The Morgan fingerprint density at radius 1 is 0.732 bits per heavy atom. The summed E-state index contributed by atoms with van der Waals surface area (Å²) in [6.45, 7) is 2.21. The normalized spacial score (nSPS) is 14.0. The van der Waals surface area contributed by atoms with Crippen LogP contribution in [0.3, 0.4) is 0 Å². The molecule has 0 amide bonds. The van der Waals surface area contributed by atoms with Crippen LogP contribution in [0.4, 0.5) is 0 Å². The van der Waals surface area contributed by atoms with Gasteiger partial charge in [0.15, 0.2) is 6.10 Å². The van der Waals surface area contributed by atoms with Crippen molar-refractivity contribution in [1.29, 1.82) is 0 Å². The SMILES string of the molecule is CCCCCCCCCCCCCCCCCC(=O)OCC(COP(=O)([O-])OCC[N+](C)(C)C)OC(=O)CCCN. The van der Waals surface area contributed by atoms with E-state index in [1.807, 2.05) is 21.1 Å². The average Bonchev–Trinajstić information content (AvgIpc) is 2.90. The average molecular weight is 609 g/mol. The smallest absolute Gasteiger partial charge is 0.306 e. The fourth-order valence-corrected chi connectivity index (χ4v) is 4.87. The summed E-state index contributed by atoms with van der Waals surface area (Å²) >= 11 is 0. The first kappa shape index (κ1) is 40.0. The molecule has 0 aromatic carbocycles. The van der Waals surface area contributed by atoms with Gasteiger partial charge in [-0.3, -0.25) is 14.2 Å². The molecule has 2 atom stereocenters. The minimum absolute atomic E-state index is 0.0422. The van der Waals surface area contributed by atoms with Crippen LogP contribution in [0.1, 0.15) is 122 Å². The fraction of sp³-hybridized carbons (Fsp3) is 0.933. The number of quaternary nitrogens is 1. The molecule has 11 heteroatoms. The number of hydrogen-bond donors (Lipinski definition) is 1. The molecule has 2 unspecified atom stereocenters. The van der Waals surface area contributed by atoms with Gasteiger partial charge in [-0.2, -0.15) is 0 Å². The molecule has 0 radical (unpaired) electrons. The maximum atomic E-state index is 12.2.